The zero-order valence-corrected chi connectivity index (χ0v) is 17.1. The molecule has 2 aromatic heterocycles. The second kappa shape index (κ2) is 9.96. The van der Waals surface area contributed by atoms with Gasteiger partial charge in [0.1, 0.15) is 5.82 Å². The van der Waals surface area contributed by atoms with Gasteiger partial charge in [-0.1, -0.05) is 51.0 Å². The van der Waals surface area contributed by atoms with Crippen molar-refractivity contribution < 1.29 is 9.90 Å². The van der Waals surface area contributed by atoms with E-state index in [1.54, 1.807) is 18.3 Å². The van der Waals surface area contributed by atoms with E-state index in [1.165, 1.54) is 12.8 Å². The first-order valence-electron chi connectivity index (χ1n) is 10.3. The number of benzene rings is 1. The Morgan fingerprint density at radius 2 is 1.86 bits per heavy atom. The number of pyridine rings is 1. The van der Waals surface area contributed by atoms with Crippen LogP contribution in [0.2, 0.25) is 0 Å². The lowest BCUT2D eigenvalue weighted by Crippen LogP contribution is -2.06. The number of aromatic carboxylic acids is 1. The summed E-state index contributed by atoms with van der Waals surface area (Å²) in [6, 6.07) is 11.1. The Morgan fingerprint density at radius 3 is 2.55 bits per heavy atom. The molecule has 1 aromatic carbocycles. The van der Waals surface area contributed by atoms with E-state index in [4.69, 9.17) is 10.1 Å². The summed E-state index contributed by atoms with van der Waals surface area (Å²) < 4.78 is 2.02. The summed E-state index contributed by atoms with van der Waals surface area (Å²) in [5.41, 5.74) is 2.60. The molecule has 0 unspecified atom stereocenters. The highest BCUT2D eigenvalue weighted by Crippen LogP contribution is 2.22. The van der Waals surface area contributed by atoms with E-state index in [9.17, 15) is 9.90 Å². The van der Waals surface area contributed by atoms with E-state index >= 15 is 0 Å². The van der Waals surface area contributed by atoms with Crippen LogP contribution in [-0.2, 0) is 19.4 Å². The molecule has 3 aromatic rings. The molecule has 3 rings (SSSR count). The third-order valence-electron chi connectivity index (χ3n) is 4.86. The SMILES string of the molecule is CCCCCc1nc(Cc2ccc(-c3ncccc3C(=O)O)cc2)n(CCC)n1. The normalized spacial score (nSPS) is 11.0. The Kier molecular flexibility index (Phi) is 7.11. The average Bonchev–Trinajstić information content (AvgIpc) is 3.10. The number of carboxylic acids is 1. The Bertz CT molecular complexity index is 948. The zero-order valence-electron chi connectivity index (χ0n) is 17.1. The summed E-state index contributed by atoms with van der Waals surface area (Å²) in [4.78, 5) is 20.5. The van der Waals surface area contributed by atoms with E-state index in [1.807, 2.05) is 28.9 Å². The third kappa shape index (κ3) is 5.28. The van der Waals surface area contributed by atoms with Gasteiger partial charge in [-0.15, -0.1) is 0 Å². The second-order valence-corrected chi connectivity index (χ2v) is 7.20. The summed E-state index contributed by atoms with van der Waals surface area (Å²) in [5.74, 6) is 0.939. The van der Waals surface area contributed by atoms with Crippen molar-refractivity contribution in [2.75, 3.05) is 0 Å². The molecule has 6 heteroatoms. The van der Waals surface area contributed by atoms with Gasteiger partial charge in [0.2, 0.25) is 0 Å². The Hall–Kier alpha value is -3.02. The first-order chi connectivity index (χ1) is 14.1. The lowest BCUT2D eigenvalue weighted by Gasteiger charge is -2.07. The summed E-state index contributed by atoms with van der Waals surface area (Å²) in [6.07, 6.45) is 7.77. The molecule has 0 saturated heterocycles. The van der Waals surface area contributed by atoms with Gasteiger partial charge < -0.3 is 5.11 Å². The molecule has 0 spiro atoms. The first-order valence-corrected chi connectivity index (χ1v) is 10.3. The number of hydrogen-bond acceptors (Lipinski definition) is 4. The number of nitrogens with zero attached hydrogens (tertiary/aromatic N) is 4. The maximum atomic E-state index is 11.4. The molecule has 0 bridgehead atoms. The van der Waals surface area contributed by atoms with Crippen molar-refractivity contribution in [1.29, 1.82) is 0 Å². The Balaban J connectivity index is 1.78. The van der Waals surface area contributed by atoms with Gasteiger partial charge in [-0.25, -0.2) is 14.5 Å². The lowest BCUT2D eigenvalue weighted by molar-refractivity contribution is 0.0697. The number of unbranched alkanes of at least 4 members (excludes halogenated alkanes) is 2. The Labute approximate surface area is 171 Å². The zero-order chi connectivity index (χ0) is 20.6. The highest BCUT2D eigenvalue weighted by Gasteiger charge is 2.13. The number of aryl methyl sites for hydroxylation is 2. The number of aromatic nitrogens is 4. The highest BCUT2D eigenvalue weighted by atomic mass is 16.4. The van der Waals surface area contributed by atoms with Gasteiger partial charge >= 0.3 is 5.97 Å². The van der Waals surface area contributed by atoms with E-state index in [0.717, 1.165) is 48.6 Å². The van der Waals surface area contributed by atoms with Crippen LogP contribution in [0.3, 0.4) is 0 Å². The summed E-state index contributed by atoms with van der Waals surface area (Å²) in [5, 5.41) is 14.1. The molecule has 0 aliphatic carbocycles. The number of rotatable bonds is 10. The quantitative estimate of drug-likeness (QED) is 0.503. The molecular weight excluding hydrogens is 364 g/mol. The van der Waals surface area contributed by atoms with Crippen LogP contribution in [0.1, 0.15) is 67.1 Å². The number of carboxylic acid groups (broad SMARTS) is 1. The number of carbonyl (C=O) groups is 1. The highest BCUT2D eigenvalue weighted by molar-refractivity contribution is 5.94. The minimum atomic E-state index is -0.972. The van der Waals surface area contributed by atoms with Gasteiger partial charge in [0.15, 0.2) is 5.82 Å². The fourth-order valence-corrected chi connectivity index (χ4v) is 3.36. The van der Waals surface area contributed by atoms with Gasteiger partial charge in [0, 0.05) is 31.1 Å². The monoisotopic (exact) mass is 392 g/mol. The van der Waals surface area contributed by atoms with Crippen LogP contribution in [0.4, 0.5) is 0 Å². The van der Waals surface area contributed by atoms with Crippen molar-refractivity contribution in [2.45, 2.75) is 58.9 Å². The van der Waals surface area contributed by atoms with Crippen molar-refractivity contribution in [2.24, 2.45) is 0 Å². The van der Waals surface area contributed by atoms with Crippen molar-refractivity contribution in [3.63, 3.8) is 0 Å². The maximum absolute atomic E-state index is 11.4. The smallest absolute Gasteiger partial charge is 0.337 e. The van der Waals surface area contributed by atoms with Gasteiger partial charge in [-0.05, 0) is 30.5 Å². The summed E-state index contributed by atoms with van der Waals surface area (Å²) in [7, 11) is 0. The minimum absolute atomic E-state index is 0.208. The topological polar surface area (TPSA) is 80.9 Å². The van der Waals surface area contributed by atoms with Crippen LogP contribution in [0.25, 0.3) is 11.3 Å². The molecule has 29 heavy (non-hydrogen) atoms. The van der Waals surface area contributed by atoms with E-state index in [-0.39, 0.29) is 5.56 Å². The van der Waals surface area contributed by atoms with Gasteiger partial charge in [0.05, 0.1) is 11.3 Å². The van der Waals surface area contributed by atoms with E-state index in [2.05, 4.69) is 18.8 Å². The molecule has 0 fully saturated rings. The van der Waals surface area contributed by atoms with Crippen LogP contribution in [0.15, 0.2) is 42.6 Å². The van der Waals surface area contributed by atoms with Crippen LogP contribution in [0, 0.1) is 0 Å². The molecular formula is C23H28N4O2. The summed E-state index contributed by atoms with van der Waals surface area (Å²) >= 11 is 0. The van der Waals surface area contributed by atoms with Crippen molar-refractivity contribution in [1.82, 2.24) is 19.7 Å². The molecule has 0 aliphatic heterocycles. The van der Waals surface area contributed by atoms with E-state index < -0.39 is 5.97 Å². The molecule has 152 valence electrons. The fourth-order valence-electron chi connectivity index (χ4n) is 3.36. The molecule has 0 aliphatic rings. The average molecular weight is 393 g/mol. The first kappa shape index (κ1) is 20.7. The van der Waals surface area contributed by atoms with Crippen LogP contribution in [0.5, 0.6) is 0 Å². The molecule has 0 amide bonds. The van der Waals surface area contributed by atoms with Crippen LogP contribution in [-0.4, -0.2) is 30.8 Å². The molecule has 0 atom stereocenters. The summed E-state index contributed by atoms with van der Waals surface area (Å²) in [6.45, 7) is 5.20. The fraction of sp³-hybridized carbons (Fsp3) is 0.391. The lowest BCUT2D eigenvalue weighted by atomic mass is 10.0. The maximum Gasteiger partial charge on any atom is 0.337 e. The second-order valence-electron chi connectivity index (χ2n) is 7.20. The van der Waals surface area contributed by atoms with Crippen LogP contribution < -0.4 is 0 Å². The predicted octanol–water partition coefficient (Wildman–Crippen LogP) is 4.77. The molecule has 0 saturated carbocycles. The predicted molar refractivity (Wildman–Crippen MR) is 113 cm³/mol. The Morgan fingerprint density at radius 1 is 1.07 bits per heavy atom. The van der Waals surface area contributed by atoms with Crippen molar-refractivity contribution in [3.8, 4) is 11.3 Å². The van der Waals surface area contributed by atoms with Gasteiger partial charge in [0.25, 0.3) is 0 Å². The van der Waals surface area contributed by atoms with Crippen molar-refractivity contribution in [3.05, 3.63) is 65.4 Å². The minimum Gasteiger partial charge on any atom is -0.478 e. The van der Waals surface area contributed by atoms with Crippen LogP contribution >= 0.6 is 0 Å². The van der Waals surface area contributed by atoms with Crippen molar-refractivity contribution >= 4 is 5.97 Å². The largest absolute Gasteiger partial charge is 0.478 e. The van der Waals surface area contributed by atoms with E-state index in [0.29, 0.717) is 12.1 Å². The van der Waals surface area contributed by atoms with Gasteiger partial charge in [-0.2, -0.15) is 5.10 Å². The molecule has 2 heterocycles. The molecule has 1 N–H and O–H groups in total. The number of hydrogen-bond donors (Lipinski definition) is 1. The standard InChI is InChI=1S/C23H28N4O2/c1-3-5-6-9-20-25-21(27(26-20)15-4-2)16-17-10-12-18(13-11-17)22-19(23(28)29)8-7-14-24-22/h7-8,10-14H,3-6,9,15-16H2,1-2H3,(H,28,29). The molecule has 0 radical (unpaired) electrons. The van der Waals surface area contributed by atoms with Gasteiger partial charge in [-0.3, -0.25) is 4.98 Å². The molecule has 6 nitrogen and oxygen atoms in total. The third-order valence-corrected chi connectivity index (χ3v) is 4.86.